The molecule has 1 saturated heterocycles. The molecule has 0 aromatic carbocycles. The van der Waals surface area contributed by atoms with Gasteiger partial charge < -0.3 is 9.84 Å². The summed E-state index contributed by atoms with van der Waals surface area (Å²) in [5.41, 5.74) is 1.22. The van der Waals surface area contributed by atoms with E-state index < -0.39 is 0 Å². The van der Waals surface area contributed by atoms with Crippen molar-refractivity contribution < 1.29 is 9.84 Å². The second kappa shape index (κ2) is 4.22. The van der Waals surface area contributed by atoms with E-state index in [1.54, 1.807) is 11.3 Å². The summed E-state index contributed by atoms with van der Waals surface area (Å²) in [6, 6.07) is 2.06. The molecule has 1 aliphatic heterocycles. The van der Waals surface area contributed by atoms with E-state index in [1.807, 2.05) is 5.38 Å². The van der Waals surface area contributed by atoms with Crippen LogP contribution < -0.4 is 0 Å². The van der Waals surface area contributed by atoms with Crippen molar-refractivity contribution in [3.8, 4) is 0 Å². The quantitative estimate of drug-likeness (QED) is 0.803. The fraction of sp³-hybridized carbons (Fsp3) is 0.600. The molecule has 0 bridgehead atoms. The Labute approximate surface area is 82.2 Å². The van der Waals surface area contributed by atoms with Crippen molar-refractivity contribution in [3.63, 3.8) is 0 Å². The number of ether oxygens (including phenoxy) is 1. The van der Waals surface area contributed by atoms with E-state index in [1.165, 1.54) is 5.56 Å². The summed E-state index contributed by atoms with van der Waals surface area (Å²) < 4.78 is 5.42. The summed E-state index contributed by atoms with van der Waals surface area (Å²) in [6.45, 7) is 0.811. The molecule has 2 nitrogen and oxygen atoms in total. The highest BCUT2D eigenvalue weighted by atomic mass is 32.1. The molecule has 2 rings (SSSR count). The van der Waals surface area contributed by atoms with Crippen LogP contribution in [-0.4, -0.2) is 23.9 Å². The van der Waals surface area contributed by atoms with Crippen LogP contribution in [0.3, 0.4) is 0 Å². The van der Waals surface area contributed by atoms with Gasteiger partial charge in [0.25, 0.3) is 0 Å². The van der Waals surface area contributed by atoms with Gasteiger partial charge in [-0.25, -0.2) is 0 Å². The minimum absolute atomic E-state index is 0.0694. The van der Waals surface area contributed by atoms with Gasteiger partial charge in [0.1, 0.15) is 0 Å². The third-order valence-corrected chi connectivity index (χ3v) is 3.15. The van der Waals surface area contributed by atoms with Crippen molar-refractivity contribution in [1.82, 2.24) is 0 Å². The van der Waals surface area contributed by atoms with Crippen molar-refractivity contribution in [2.75, 3.05) is 6.61 Å². The Morgan fingerprint density at radius 1 is 1.69 bits per heavy atom. The first-order chi connectivity index (χ1) is 6.36. The van der Waals surface area contributed by atoms with Gasteiger partial charge in [-0.15, -0.1) is 0 Å². The molecule has 2 atom stereocenters. The summed E-state index contributed by atoms with van der Waals surface area (Å²) in [5, 5.41) is 13.9. The Morgan fingerprint density at radius 2 is 2.62 bits per heavy atom. The third kappa shape index (κ3) is 2.30. The molecule has 0 aliphatic carbocycles. The standard InChI is InChI=1S/C10H14O2S/c11-9(10-2-1-4-12-10)6-8-3-5-13-7-8/h3,5,7,9-11H,1-2,4,6H2. The second-order valence-electron chi connectivity index (χ2n) is 3.45. The zero-order valence-electron chi connectivity index (χ0n) is 7.48. The van der Waals surface area contributed by atoms with Gasteiger partial charge in [-0.1, -0.05) is 0 Å². The number of hydrogen-bond donors (Lipinski definition) is 1. The maximum atomic E-state index is 9.80. The molecule has 0 spiro atoms. The zero-order chi connectivity index (χ0) is 9.10. The molecule has 1 N–H and O–H groups in total. The SMILES string of the molecule is OC(Cc1ccsc1)C1CCCO1. The maximum absolute atomic E-state index is 9.80. The average Bonchev–Trinajstić information content (AvgIpc) is 2.74. The largest absolute Gasteiger partial charge is 0.390 e. The van der Waals surface area contributed by atoms with Crippen LogP contribution in [0.5, 0.6) is 0 Å². The maximum Gasteiger partial charge on any atom is 0.0842 e. The number of thiophene rings is 1. The number of aliphatic hydroxyl groups excluding tert-OH is 1. The van der Waals surface area contributed by atoms with Crippen molar-refractivity contribution in [3.05, 3.63) is 22.4 Å². The smallest absolute Gasteiger partial charge is 0.0842 e. The van der Waals surface area contributed by atoms with E-state index in [2.05, 4.69) is 11.4 Å². The second-order valence-corrected chi connectivity index (χ2v) is 4.23. The summed E-state index contributed by atoms with van der Waals surface area (Å²) in [7, 11) is 0. The van der Waals surface area contributed by atoms with Gasteiger partial charge in [0.15, 0.2) is 0 Å². The lowest BCUT2D eigenvalue weighted by Gasteiger charge is -2.16. The van der Waals surface area contributed by atoms with Crippen LogP contribution in [0.1, 0.15) is 18.4 Å². The predicted molar refractivity (Wildman–Crippen MR) is 53.0 cm³/mol. The summed E-state index contributed by atoms with van der Waals surface area (Å²) in [4.78, 5) is 0. The van der Waals surface area contributed by atoms with Crippen LogP contribution in [-0.2, 0) is 11.2 Å². The number of hydrogen-bond acceptors (Lipinski definition) is 3. The molecular weight excluding hydrogens is 184 g/mol. The topological polar surface area (TPSA) is 29.5 Å². The molecule has 0 amide bonds. The molecule has 1 aliphatic rings. The first-order valence-electron chi connectivity index (χ1n) is 4.67. The third-order valence-electron chi connectivity index (χ3n) is 2.42. The van der Waals surface area contributed by atoms with Gasteiger partial charge in [-0.2, -0.15) is 11.3 Å². The minimum atomic E-state index is -0.322. The molecule has 0 radical (unpaired) electrons. The lowest BCUT2D eigenvalue weighted by atomic mass is 10.0. The molecule has 1 aromatic heterocycles. The van der Waals surface area contributed by atoms with Crippen molar-refractivity contribution in [1.29, 1.82) is 0 Å². The Morgan fingerprint density at radius 3 is 3.23 bits per heavy atom. The fourth-order valence-corrected chi connectivity index (χ4v) is 2.37. The van der Waals surface area contributed by atoms with Crippen LogP contribution in [0.25, 0.3) is 0 Å². The molecule has 1 fully saturated rings. The van der Waals surface area contributed by atoms with Crippen LogP contribution in [0.4, 0.5) is 0 Å². The summed E-state index contributed by atoms with van der Waals surface area (Å²) in [6.07, 6.45) is 2.57. The first-order valence-corrected chi connectivity index (χ1v) is 5.61. The van der Waals surface area contributed by atoms with Gasteiger partial charge in [0.05, 0.1) is 12.2 Å². The van der Waals surface area contributed by atoms with Crippen molar-refractivity contribution in [2.24, 2.45) is 0 Å². The first kappa shape index (κ1) is 9.19. The van der Waals surface area contributed by atoms with Gasteiger partial charge >= 0.3 is 0 Å². The van der Waals surface area contributed by atoms with Gasteiger partial charge in [0.2, 0.25) is 0 Å². The molecule has 2 unspecified atom stereocenters. The number of aliphatic hydroxyl groups is 1. The summed E-state index contributed by atoms with van der Waals surface area (Å²) >= 11 is 1.67. The molecule has 0 saturated carbocycles. The highest BCUT2D eigenvalue weighted by molar-refractivity contribution is 7.07. The van der Waals surface area contributed by atoms with E-state index in [9.17, 15) is 5.11 Å². The van der Waals surface area contributed by atoms with E-state index in [4.69, 9.17) is 4.74 Å². The Hall–Kier alpha value is -0.380. The van der Waals surface area contributed by atoms with E-state index >= 15 is 0 Å². The van der Waals surface area contributed by atoms with Crippen LogP contribution in [0, 0.1) is 0 Å². The predicted octanol–water partition coefficient (Wildman–Crippen LogP) is 1.83. The van der Waals surface area contributed by atoms with Crippen LogP contribution in [0.2, 0.25) is 0 Å². The van der Waals surface area contributed by atoms with Crippen LogP contribution in [0.15, 0.2) is 16.8 Å². The molecule has 1 aromatic rings. The highest BCUT2D eigenvalue weighted by Gasteiger charge is 2.23. The highest BCUT2D eigenvalue weighted by Crippen LogP contribution is 2.19. The van der Waals surface area contributed by atoms with Crippen molar-refractivity contribution >= 4 is 11.3 Å². The normalized spacial score (nSPS) is 24.8. The molecule has 2 heterocycles. The van der Waals surface area contributed by atoms with E-state index in [0.717, 1.165) is 25.9 Å². The van der Waals surface area contributed by atoms with Gasteiger partial charge in [-0.3, -0.25) is 0 Å². The Kier molecular flexibility index (Phi) is 2.98. The molecular formula is C10H14O2S. The molecule has 13 heavy (non-hydrogen) atoms. The van der Waals surface area contributed by atoms with Crippen LogP contribution >= 0.6 is 11.3 Å². The Balaban J connectivity index is 1.87. The van der Waals surface area contributed by atoms with Crippen molar-refractivity contribution in [2.45, 2.75) is 31.5 Å². The zero-order valence-corrected chi connectivity index (χ0v) is 8.30. The lowest BCUT2D eigenvalue weighted by molar-refractivity contribution is -0.000728. The minimum Gasteiger partial charge on any atom is -0.390 e. The molecule has 72 valence electrons. The van der Waals surface area contributed by atoms with Gasteiger partial charge in [-0.05, 0) is 35.2 Å². The number of rotatable bonds is 3. The lowest BCUT2D eigenvalue weighted by Crippen LogP contribution is -2.26. The van der Waals surface area contributed by atoms with E-state index in [-0.39, 0.29) is 12.2 Å². The summed E-state index contributed by atoms with van der Waals surface area (Å²) in [5.74, 6) is 0. The Bertz CT molecular complexity index is 239. The average molecular weight is 198 g/mol. The van der Waals surface area contributed by atoms with Gasteiger partial charge in [0, 0.05) is 13.0 Å². The fourth-order valence-electron chi connectivity index (χ4n) is 1.69. The monoisotopic (exact) mass is 198 g/mol. The van der Waals surface area contributed by atoms with E-state index in [0.29, 0.717) is 0 Å². The molecule has 3 heteroatoms.